The summed E-state index contributed by atoms with van der Waals surface area (Å²) in [6, 6.07) is 0. The molecule has 4 N–H and O–H groups in total. The number of hydrogen-bond donors (Lipinski definition) is 2. The minimum atomic E-state index is -0.417. The van der Waals surface area contributed by atoms with Crippen molar-refractivity contribution in [1.29, 1.82) is 0 Å². The van der Waals surface area contributed by atoms with Crippen LogP contribution in [-0.4, -0.2) is 32.7 Å². The molecule has 0 spiro atoms. The lowest BCUT2D eigenvalue weighted by Gasteiger charge is -2.28. The number of anilines is 2. The number of primary amides is 1. The number of rotatable bonds is 5. The van der Waals surface area contributed by atoms with Crippen molar-refractivity contribution >= 4 is 27.9 Å². The monoisotopic (exact) mass is 309 g/mol. The van der Waals surface area contributed by atoms with E-state index in [2.05, 4.69) is 11.9 Å². The van der Waals surface area contributed by atoms with Gasteiger partial charge in [-0.2, -0.15) is 0 Å². The molecule has 1 amide bonds. The van der Waals surface area contributed by atoms with Crippen molar-refractivity contribution in [3.05, 3.63) is 10.4 Å². The fourth-order valence-electron chi connectivity index (χ4n) is 3.10. The molecule has 1 saturated heterocycles. The normalized spacial score (nSPS) is 22.2. The van der Waals surface area contributed by atoms with Gasteiger partial charge >= 0.3 is 0 Å². The Kier molecular flexibility index (Phi) is 4.08. The first-order valence-electron chi connectivity index (χ1n) is 7.58. The molecule has 1 unspecified atom stereocenters. The molecular weight excluding hydrogens is 286 g/mol. The van der Waals surface area contributed by atoms with Gasteiger partial charge in [0.25, 0.3) is 5.91 Å². The largest absolute Gasteiger partial charge is 0.397 e. The molecule has 5 nitrogen and oxygen atoms in total. The van der Waals surface area contributed by atoms with Crippen molar-refractivity contribution in [2.24, 2.45) is 11.7 Å². The topological polar surface area (TPSA) is 81.6 Å². The van der Waals surface area contributed by atoms with Crippen molar-refractivity contribution in [2.75, 3.05) is 37.4 Å². The maximum Gasteiger partial charge on any atom is 0.260 e. The second-order valence-electron chi connectivity index (χ2n) is 6.17. The summed E-state index contributed by atoms with van der Waals surface area (Å²) in [5.74, 6) is 0.644. The molecule has 2 fully saturated rings. The summed E-state index contributed by atoms with van der Waals surface area (Å²) in [6.45, 7) is 2.65. The van der Waals surface area contributed by atoms with Crippen LogP contribution in [0.25, 0.3) is 0 Å². The minimum Gasteiger partial charge on any atom is -0.397 e. The average molecular weight is 309 g/mol. The predicted octanol–water partition coefficient (Wildman–Crippen LogP) is 2.17. The van der Waals surface area contributed by atoms with Crippen molar-refractivity contribution in [2.45, 2.75) is 31.6 Å². The molecule has 0 aromatic carbocycles. The molecule has 2 aliphatic rings. The zero-order valence-corrected chi connectivity index (χ0v) is 13.2. The van der Waals surface area contributed by atoms with Crippen LogP contribution in [0.4, 0.5) is 10.7 Å². The second kappa shape index (κ2) is 5.85. The molecule has 1 aromatic heterocycles. The van der Waals surface area contributed by atoms with E-state index in [1.54, 1.807) is 0 Å². The highest BCUT2D eigenvalue weighted by molar-refractivity contribution is 7.18. The third-order valence-electron chi connectivity index (χ3n) is 4.31. The van der Waals surface area contributed by atoms with E-state index in [4.69, 9.17) is 16.2 Å². The highest BCUT2D eigenvalue weighted by atomic mass is 32.1. The van der Waals surface area contributed by atoms with E-state index < -0.39 is 5.91 Å². The first kappa shape index (κ1) is 14.7. The van der Waals surface area contributed by atoms with Gasteiger partial charge in [0.2, 0.25) is 0 Å². The van der Waals surface area contributed by atoms with E-state index >= 15 is 0 Å². The average Bonchev–Trinajstić information content (AvgIpc) is 3.22. The maximum absolute atomic E-state index is 11.6. The van der Waals surface area contributed by atoms with Crippen LogP contribution in [0.3, 0.4) is 0 Å². The van der Waals surface area contributed by atoms with Gasteiger partial charge in [0.1, 0.15) is 4.88 Å². The maximum atomic E-state index is 11.6. The summed E-state index contributed by atoms with van der Waals surface area (Å²) in [6.07, 6.45) is 4.65. The Bertz CT molecular complexity index is 533. The number of nitrogens with two attached hydrogens (primary N) is 2. The van der Waals surface area contributed by atoms with Crippen molar-refractivity contribution in [3.8, 4) is 0 Å². The van der Waals surface area contributed by atoms with Crippen LogP contribution in [0.2, 0.25) is 0 Å². The third kappa shape index (κ3) is 3.01. The molecule has 1 aromatic rings. The van der Waals surface area contributed by atoms with Crippen LogP contribution in [0, 0.1) is 5.92 Å². The third-order valence-corrected chi connectivity index (χ3v) is 5.66. The fourth-order valence-corrected chi connectivity index (χ4v) is 4.23. The Morgan fingerprint density at radius 1 is 1.43 bits per heavy atom. The summed E-state index contributed by atoms with van der Waals surface area (Å²) in [5, 5.41) is 1.12. The summed E-state index contributed by atoms with van der Waals surface area (Å²) >= 11 is 1.44. The highest BCUT2D eigenvalue weighted by Crippen LogP contribution is 2.51. The van der Waals surface area contributed by atoms with Gasteiger partial charge in [-0.05, 0) is 37.5 Å². The lowest BCUT2D eigenvalue weighted by Crippen LogP contribution is -2.30. The molecule has 1 aliphatic heterocycles. The summed E-state index contributed by atoms with van der Waals surface area (Å²) in [5.41, 5.74) is 13.4. The quantitative estimate of drug-likeness (QED) is 0.873. The first-order chi connectivity index (χ1) is 10.1. The standard InChI is InChI=1S/C15H23N3O2S/c1-18(7-9-3-2-6-20-8-9)15-11(10-4-5-10)12(16)13(21-15)14(17)19/h9-10H,2-8,16H2,1H3,(H2,17,19). The SMILES string of the molecule is CN(CC1CCCOC1)c1sc(C(N)=O)c(N)c1C1CC1. The van der Waals surface area contributed by atoms with Gasteiger partial charge in [-0.15, -0.1) is 11.3 Å². The summed E-state index contributed by atoms with van der Waals surface area (Å²) < 4.78 is 5.55. The van der Waals surface area contributed by atoms with E-state index in [1.807, 2.05) is 0 Å². The lowest BCUT2D eigenvalue weighted by molar-refractivity contribution is 0.0577. The minimum absolute atomic E-state index is 0.417. The number of amides is 1. The highest BCUT2D eigenvalue weighted by Gasteiger charge is 2.34. The zero-order chi connectivity index (χ0) is 15.0. The van der Waals surface area contributed by atoms with Gasteiger partial charge in [-0.3, -0.25) is 4.79 Å². The number of nitrogen functional groups attached to an aromatic ring is 1. The van der Waals surface area contributed by atoms with Crippen LogP contribution < -0.4 is 16.4 Å². The van der Waals surface area contributed by atoms with E-state index in [0.717, 1.165) is 49.6 Å². The Labute approximate surface area is 129 Å². The van der Waals surface area contributed by atoms with E-state index in [9.17, 15) is 4.79 Å². The number of ether oxygens (including phenoxy) is 1. The van der Waals surface area contributed by atoms with E-state index in [1.165, 1.54) is 17.8 Å². The van der Waals surface area contributed by atoms with Gasteiger partial charge < -0.3 is 21.1 Å². The van der Waals surface area contributed by atoms with Crippen LogP contribution in [0.5, 0.6) is 0 Å². The molecule has 1 saturated carbocycles. The second-order valence-corrected chi connectivity index (χ2v) is 7.16. The number of thiophene rings is 1. The fraction of sp³-hybridized carbons (Fsp3) is 0.667. The van der Waals surface area contributed by atoms with E-state index in [0.29, 0.717) is 22.4 Å². The molecular formula is C15H23N3O2S. The van der Waals surface area contributed by atoms with Gasteiger partial charge in [0.05, 0.1) is 17.3 Å². The van der Waals surface area contributed by atoms with Gasteiger partial charge in [-0.1, -0.05) is 0 Å². The van der Waals surface area contributed by atoms with Crippen molar-refractivity contribution in [1.82, 2.24) is 0 Å². The summed E-state index contributed by atoms with van der Waals surface area (Å²) in [4.78, 5) is 14.3. The van der Waals surface area contributed by atoms with E-state index in [-0.39, 0.29) is 0 Å². The molecule has 0 bridgehead atoms. The molecule has 0 radical (unpaired) electrons. The van der Waals surface area contributed by atoms with Crippen LogP contribution in [0.15, 0.2) is 0 Å². The Hall–Kier alpha value is -1.27. The number of hydrogen-bond acceptors (Lipinski definition) is 5. The predicted molar refractivity (Wildman–Crippen MR) is 86.0 cm³/mol. The van der Waals surface area contributed by atoms with Gasteiger partial charge in [-0.25, -0.2) is 0 Å². The first-order valence-corrected chi connectivity index (χ1v) is 8.40. The molecule has 1 atom stereocenters. The van der Waals surface area contributed by atoms with Gasteiger partial charge in [0.15, 0.2) is 0 Å². The molecule has 21 heavy (non-hydrogen) atoms. The number of carbonyl (C=O) groups is 1. The Morgan fingerprint density at radius 2 is 2.19 bits per heavy atom. The van der Waals surface area contributed by atoms with Crippen LogP contribution >= 0.6 is 11.3 Å². The zero-order valence-electron chi connectivity index (χ0n) is 12.4. The van der Waals surface area contributed by atoms with Gasteiger partial charge in [0, 0.05) is 25.8 Å². The lowest BCUT2D eigenvalue weighted by atomic mass is 10.0. The smallest absolute Gasteiger partial charge is 0.260 e. The molecule has 116 valence electrons. The molecule has 2 heterocycles. The Morgan fingerprint density at radius 3 is 2.76 bits per heavy atom. The Balaban J connectivity index is 1.82. The number of nitrogens with zero attached hydrogens (tertiary/aromatic N) is 1. The molecule has 3 rings (SSSR count). The van der Waals surface area contributed by atoms with Crippen molar-refractivity contribution in [3.63, 3.8) is 0 Å². The molecule has 1 aliphatic carbocycles. The van der Waals surface area contributed by atoms with Crippen LogP contribution in [0.1, 0.15) is 46.8 Å². The summed E-state index contributed by atoms with van der Waals surface area (Å²) in [7, 11) is 2.08. The molecule has 6 heteroatoms. The van der Waals surface area contributed by atoms with Crippen molar-refractivity contribution < 1.29 is 9.53 Å². The number of carbonyl (C=O) groups excluding carboxylic acids is 1. The van der Waals surface area contributed by atoms with Crippen LogP contribution in [-0.2, 0) is 4.74 Å².